The summed E-state index contributed by atoms with van der Waals surface area (Å²) in [4.78, 5) is 38.1. The molecule has 0 fully saturated rings. The molecule has 7 heteroatoms. The van der Waals surface area contributed by atoms with E-state index in [0.29, 0.717) is 29.1 Å². The standard InChI is InChI=1S/C20H19BrN2O4/c1-3-17(24)13-4-7-18-16(9-13)23(20(26)11-27-18)10-19(25)22-14-5-6-15(21)12(2)8-14/h4-9H,3,10-11H2,1-2H3,(H,22,25). The molecule has 3 rings (SSSR count). The number of amides is 2. The maximum atomic E-state index is 12.5. The van der Waals surface area contributed by atoms with Crippen molar-refractivity contribution in [2.75, 3.05) is 23.4 Å². The minimum absolute atomic E-state index is 0.0365. The predicted molar refractivity (Wildman–Crippen MR) is 106 cm³/mol. The maximum Gasteiger partial charge on any atom is 0.265 e. The zero-order chi connectivity index (χ0) is 19.6. The second-order valence-electron chi connectivity index (χ2n) is 6.24. The van der Waals surface area contributed by atoms with Gasteiger partial charge >= 0.3 is 0 Å². The molecule has 2 amide bonds. The number of nitrogens with one attached hydrogen (secondary N) is 1. The highest BCUT2D eigenvalue weighted by atomic mass is 79.9. The van der Waals surface area contributed by atoms with Crippen molar-refractivity contribution < 1.29 is 19.1 Å². The number of carbonyl (C=O) groups is 3. The van der Waals surface area contributed by atoms with Crippen LogP contribution in [0.1, 0.15) is 29.3 Å². The first-order valence-corrected chi connectivity index (χ1v) is 9.34. The Morgan fingerprint density at radius 2 is 2.00 bits per heavy atom. The van der Waals surface area contributed by atoms with E-state index in [2.05, 4.69) is 21.2 Å². The summed E-state index contributed by atoms with van der Waals surface area (Å²) >= 11 is 3.42. The first kappa shape index (κ1) is 19.1. The molecule has 1 N–H and O–H groups in total. The predicted octanol–water partition coefficient (Wildman–Crippen LogP) is 3.71. The lowest BCUT2D eigenvalue weighted by molar-refractivity contribution is -0.123. The van der Waals surface area contributed by atoms with Crippen LogP contribution in [0.4, 0.5) is 11.4 Å². The van der Waals surface area contributed by atoms with Gasteiger partial charge in [-0.2, -0.15) is 0 Å². The van der Waals surface area contributed by atoms with Gasteiger partial charge in [-0.15, -0.1) is 0 Å². The van der Waals surface area contributed by atoms with Crippen LogP contribution in [0.25, 0.3) is 0 Å². The third-order valence-electron chi connectivity index (χ3n) is 4.29. The molecule has 2 aromatic rings. The average molecular weight is 431 g/mol. The fourth-order valence-electron chi connectivity index (χ4n) is 2.82. The number of Topliss-reactive ketones (excluding diaryl/α,β-unsaturated/α-hetero) is 1. The molecule has 1 aliphatic rings. The van der Waals surface area contributed by atoms with Gasteiger partial charge in [0, 0.05) is 22.1 Å². The van der Waals surface area contributed by atoms with Crippen LogP contribution in [-0.2, 0) is 9.59 Å². The monoisotopic (exact) mass is 430 g/mol. The van der Waals surface area contributed by atoms with Crippen molar-refractivity contribution in [2.45, 2.75) is 20.3 Å². The fourth-order valence-corrected chi connectivity index (χ4v) is 3.07. The molecule has 0 radical (unpaired) electrons. The lowest BCUT2D eigenvalue weighted by Crippen LogP contribution is -2.43. The van der Waals surface area contributed by atoms with Gasteiger partial charge in [-0.1, -0.05) is 22.9 Å². The number of hydrogen-bond donors (Lipinski definition) is 1. The Labute approximate surface area is 165 Å². The molecule has 0 bridgehead atoms. The number of halogens is 1. The zero-order valence-corrected chi connectivity index (χ0v) is 16.6. The van der Waals surface area contributed by atoms with Crippen LogP contribution in [-0.4, -0.2) is 30.7 Å². The van der Waals surface area contributed by atoms with Crippen molar-refractivity contribution >= 4 is 44.9 Å². The minimum Gasteiger partial charge on any atom is -0.482 e. The first-order valence-electron chi connectivity index (χ1n) is 8.55. The molecule has 6 nitrogen and oxygen atoms in total. The number of hydrogen-bond acceptors (Lipinski definition) is 4. The van der Waals surface area contributed by atoms with Gasteiger partial charge in [0.1, 0.15) is 12.3 Å². The van der Waals surface area contributed by atoms with Gasteiger partial charge in [-0.25, -0.2) is 0 Å². The normalized spacial score (nSPS) is 13.0. The molecular weight excluding hydrogens is 412 g/mol. The maximum absolute atomic E-state index is 12.5. The number of aryl methyl sites for hydroxylation is 1. The van der Waals surface area contributed by atoms with Gasteiger partial charge in [0.05, 0.1) is 5.69 Å². The number of carbonyl (C=O) groups excluding carboxylic acids is 3. The molecule has 0 unspecified atom stereocenters. The van der Waals surface area contributed by atoms with Crippen LogP contribution in [0, 0.1) is 6.92 Å². The number of nitrogens with zero attached hydrogens (tertiary/aromatic N) is 1. The molecule has 0 saturated carbocycles. The molecule has 140 valence electrons. The Bertz CT molecular complexity index is 926. The molecule has 1 aliphatic heterocycles. The van der Waals surface area contributed by atoms with E-state index in [4.69, 9.17) is 4.74 Å². The van der Waals surface area contributed by atoms with Crippen LogP contribution < -0.4 is 15.0 Å². The Hall–Kier alpha value is -2.67. The van der Waals surface area contributed by atoms with Crippen molar-refractivity contribution in [3.8, 4) is 5.75 Å². The number of ketones is 1. The lowest BCUT2D eigenvalue weighted by atomic mass is 10.1. The molecule has 0 aliphatic carbocycles. The van der Waals surface area contributed by atoms with E-state index in [0.717, 1.165) is 10.0 Å². The summed E-state index contributed by atoms with van der Waals surface area (Å²) in [7, 11) is 0. The van der Waals surface area contributed by atoms with Crippen molar-refractivity contribution in [1.29, 1.82) is 0 Å². The van der Waals surface area contributed by atoms with E-state index in [1.807, 2.05) is 19.1 Å². The third-order valence-corrected chi connectivity index (χ3v) is 5.18. The van der Waals surface area contributed by atoms with Gasteiger partial charge < -0.3 is 10.1 Å². The first-order chi connectivity index (χ1) is 12.9. The van der Waals surface area contributed by atoms with Crippen molar-refractivity contribution in [1.82, 2.24) is 0 Å². The zero-order valence-electron chi connectivity index (χ0n) is 15.0. The number of ether oxygens (including phenoxy) is 1. The summed E-state index contributed by atoms with van der Waals surface area (Å²) in [5.41, 5.74) is 2.57. The molecule has 0 spiro atoms. The van der Waals surface area contributed by atoms with E-state index < -0.39 is 0 Å². The van der Waals surface area contributed by atoms with E-state index in [1.54, 1.807) is 31.2 Å². The molecule has 0 atom stereocenters. The SMILES string of the molecule is CCC(=O)c1ccc2c(c1)N(CC(=O)Nc1ccc(Br)c(C)c1)C(=O)CO2. The summed E-state index contributed by atoms with van der Waals surface area (Å²) < 4.78 is 6.37. The van der Waals surface area contributed by atoms with E-state index in [9.17, 15) is 14.4 Å². The summed E-state index contributed by atoms with van der Waals surface area (Å²) in [5, 5.41) is 2.80. The second kappa shape index (κ2) is 7.92. The minimum atomic E-state index is -0.329. The van der Waals surface area contributed by atoms with Crippen LogP contribution in [0.3, 0.4) is 0 Å². The highest BCUT2D eigenvalue weighted by Crippen LogP contribution is 2.33. The van der Waals surface area contributed by atoms with E-state index in [1.165, 1.54) is 4.90 Å². The van der Waals surface area contributed by atoms with Gasteiger partial charge in [-0.3, -0.25) is 19.3 Å². The molecule has 0 saturated heterocycles. The lowest BCUT2D eigenvalue weighted by Gasteiger charge is -2.29. The topological polar surface area (TPSA) is 75.7 Å². The molecule has 0 aromatic heterocycles. The van der Waals surface area contributed by atoms with Crippen molar-refractivity contribution in [3.05, 3.63) is 52.0 Å². The Morgan fingerprint density at radius 1 is 1.22 bits per heavy atom. The molecule has 1 heterocycles. The summed E-state index contributed by atoms with van der Waals surface area (Å²) in [6.07, 6.45) is 0.358. The Kier molecular flexibility index (Phi) is 5.60. The molecule has 2 aromatic carbocycles. The van der Waals surface area contributed by atoms with Crippen LogP contribution in [0.2, 0.25) is 0 Å². The van der Waals surface area contributed by atoms with Gasteiger partial charge in [0.25, 0.3) is 5.91 Å². The van der Waals surface area contributed by atoms with Gasteiger partial charge in [-0.05, 0) is 48.9 Å². The molecule has 27 heavy (non-hydrogen) atoms. The van der Waals surface area contributed by atoms with Gasteiger partial charge in [0.15, 0.2) is 12.4 Å². The number of rotatable bonds is 5. The number of benzene rings is 2. The summed E-state index contributed by atoms with van der Waals surface area (Å²) in [5.74, 6) is -0.212. The van der Waals surface area contributed by atoms with Crippen LogP contribution in [0.15, 0.2) is 40.9 Å². The van der Waals surface area contributed by atoms with Crippen molar-refractivity contribution in [2.24, 2.45) is 0 Å². The van der Waals surface area contributed by atoms with E-state index >= 15 is 0 Å². The van der Waals surface area contributed by atoms with Crippen LogP contribution in [0.5, 0.6) is 5.75 Å². The van der Waals surface area contributed by atoms with Crippen molar-refractivity contribution in [3.63, 3.8) is 0 Å². The highest BCUT2D eigenvalue weighted by molar-refractivity contribution is 9.10. The fraction of sp³-hybridized carbons (Fsp3) is 0.250. The largest absolute Gasteiger partial charge is 0.482 e. The molecular formula is C20H19BrN2O4. The Balaban J connectivity index is 1.81. The van der Waals surface area contributed by atoms with Gasteiger partial charge in [0.2, 0.25) is 5.91 Å². The average Bonchev–Trinajstić information content (AvgIpc) is 2.66. The highest BCUT2D eigenvalue weighted by Gasteiger charge is 2.28. The quantitative estimate of drug-likeness (QED) is 0.733. The Morgan fingerprint density at radius 3 is 2.70 bits per heavy atom. The summed E-state index contributed by atoms with van der Waals surface area (Å²) in [6, 6.07) is 10.4. The third kappa shape index (κ3) is 4.19. The number of fused-ring (bicyclic) bond motifs is 1. The van der Waals surface area contributed by atoms with Crippen LogP contribution >= 0.6 is 15.9 Å². The van der Waals surface area contributed by atoms with E-state index in [-0.39, 0.29) is 30.7 Å². The second-order valence-corrected chi connectivity index (χ2v) is 7.09. The summed E-state index contributed by atoms with van der Waals surface area (Å²) in [6.45, 7) is 3.40. The smallest absolute Gasteiger partial charge is 0.265 e. The number of anilines is 2.